The fourth-order valence-corrected chi connectivity index (χ4v) is 2.03. The topological polar surface area (TPSA) is 80.2 Å². The van der Waals surface area contributed by atoms with E-state index in [4.69, 9.17) is 11.6 Å². The molecule has 0 saturated heterocycles. The average molecular weight is 320 g/mol. The van der Waals surface area contributed by atoms with Crippen LogP contribution in [-0.2, 0) is 16.6 Å². The Labute approximate surface area is 131 Å². The number of benzene rings is 1. The maximum absolute atomic E-state index is 11.9. The van der Waals surface area contributed by atoms with Crippen molar-refractivity contribution in [1.82, 2.24) is 4.57 Å². The highest BCUT2D eigenvalue weighted by molar-refractivity contribution is 6.43. The SMILES string of the molecule is Cc1cc(Cl)ccc1NC(=O)C(=O)Nc1ccc(=O)n(C)c1. The van der Waals surface area contributed by atoms with Crippen LogP contribution in [0, 0.1) is 6.92 Å². The monoisotopic (exact) mass is 319 g/mol. The summed E-state index contributed by atoms with van der Waals surface area (Å²) in [6, 6.07) is 7.66. The Kier molecular flexibility index (Phi) is 4.62. The molecule has 0 spiro atoms. The van der Waals surface area contributed by atoms with Crippen LogP contribution in [0.25, 0.3) is 0 Å². The summed E-state index contributed by atoms with van der Waals surface area (Å²) in [6.07, 6.45) is 1.43. The molecule has 1 heterocycles. The summed E-state index contributed by atoms with van der Waals surface area (Å²) < 4.78 is 1.30. The summed E-state index contributed by atoms with van der Waals surface area (Å²) in [5.41, 5.74) is 1.40. The number of nitrogens with one attached hydrogen (secondary N) is 2. The van der Waals surface area contributed by atoms with Crippen molar-refractivity contribution in [3.05, 3.63) is 57.5 Å². The molecule has 6 nitrogen and oxygen atoms in total. The van der Waals surface area contributed by atoms with Gasteiger partial charge < -0.3 is 15.2 Å². The molecule has 2 amide bonds. The Morgan fingerprint density at radius 3 is 2.41 bits per heavy atom. The van der Waals surface area contributed by atoms with Crippen LogP contribution < -0.4 is 16.2 Å². The van der Waals surface area contributed by atoms with Crippen LogP contribution >= 0.6 is 11.6 Å². The minimum Gasteiger partial charge on any atom is -0.318 e. The van der Waals surface area contributed by atoms with Gasteiger partial charge in [0.2, 0.25) is 5.56 Å². The van der Waals surface area contributed by atoms with Gasteiger partial charge in [-0.1, -0.05) is 11.6 Å². The quantitative estimate of drug-likeness (QED) is 0.830. The number of carbonyl (C=O) groups excluding carboxylic acids is 2. The molecule has 7 heteroatoms. The lowest BCUT2D eigenvalue weighted by atomic mass is 10.2. The highest BCUT2D eigenvalue weighted by Gasteiger charge is 2.15. The summed E-state index contributed by atoms with van der Waals surface area (Å²) in [5, 5.41) is 5.48. The van der Waals surface area contributed by atoms with Crippen LogP contribution in [0.2, 0.25) is 5.02 Å². The number of aromatic nitrogens is 1. The third-order valence-corrected chi connectivity index (χ3v) is 3.22. The summed E-state index contributed by atoms with van der Waals surface area (Å²) in [7, 11) is 1.55. The van der Waals surface area contributed by atoms with E-state index in [1.807, 2.05) is 0 Å². The van der Waals surface area contributed by atoms with E-state index in [0.29, 0.717) is 16.4 Å². The minimum atomic E-state index is -0.826. The van der Waals surface area contributed by atoms with Crippen LogP contribution in [0.3, 0.4) is 0 Å². The lowest BCUT2D eigenvalue weighted by Gasteiger charge is -2.09. The number of hydrogen-bond donors (Lipinski definition) is 2. The van der Waals surface area contributed by atoms with Crippen LogP contribution in [0.15, 0.2) is 41.3 Å². The fourth-order valence-electron chi connectivity index (χ4n) is 1.80. The molecular weight excluding hydrogens is 306 g/mol. The number of halogens is 1. The van der Waals surface area contributed by atoms with Gasteiger partial charge in [-0.15, -0.1) is 0 Å². The molecule has 2 aromatic rings. The standard InChI is InChI=1S/C15H14ClN3O3/c1-9-7-10(16)3-5-12(9)18-15(22)14(21)17-11-4-6-13(20)19(2)8-11/h3-8H,1-2H3,(H,17,21)(H,18,22). The van der Waals surface area contributed by atoms with Gasteiger partial charge in [-0.25, -0.2) is 0 Å². The second-order valence-corrected chi connectivity index (χ2v) is 5.17. The number of carbonyl (C=O) groups is 2. The van der Waals surface area contributed by atoms with Crippen LogP contribution in [0.5, 0.6) is 0 Å². The van der Waals surface area contributed by atoms with Crippen molar-refractivity contribution in [2.75, 3.05) is 10.6 Å². The van der Waals surface area contributed by atoms with Crippen molar-refractivity contribution >= 4 is 34.8 Å². The zero-order valence-corrected chi connectivity index (χ0v) is 12.8. The lowest BCUT2D eigenvalue weighted by Crippen LogP contribution is -2.30. The van der Waals surface area contributed by atoms with E-state index >= 15 is 0 Å². The number of anilines is 2. The molecule has 1 aromatic carbocycles. The van der Waals surface area contributed by atoms with Crippen LogP contribution in [-0.4, -0.2) is 16.4 Å². The molecule has 2 rings (SSSR count). The van der Waals surface area contributed by atoms with E-state index in [-0.39, 0.29) is 5.56 Å². The Hall–Kier alpha value is -2.60. The van der Waals surface area contributed by atoms with Crippen molar-refractivity contribution in [3.8, 4) is 0 Å². The second-order valence-electron chi connectivity index (χ2n) is 4.73. The van der Waals surface area contributed by atoms with Gasteiger partial charge in [-0.05, 0) is 36.8 Å². The van der Waals surface area contributed by atoms with E-state index < -0.39 is 11.8 Å². The van der Waals surface area contributed by atoms with Gasteiger partial charge in [-0.3, -0.25) is 14.4 Å². The van der Waals surface area contributed by atoms with E-state index in [1.165, 1.54) is 22.9 Å². The highest BCUT2D eigenvalue weighted by atomic mass is 35.5. The number of hydrogen-bond acceptors (Lipinski definition) is 3. The largest absolute Gasteiger partial charge is 0.318 e. The fraction of sp³-hybridized carbons (Fsp3) is 0.133. The van der Waals surface area contributed by atoms with E-state index in [1.54, 1.807) is 32.2 Å². The first-order valence-electron chi connectivity index (χ1n) is 6.42. The molecule has 0 unspecified atom stereocenters. The zero-order valence-electron chi connectivity index (χ0n) is 12.0. The van der Waals surface area contributed by atoms with Crippen LogP contribution in [0.1, 0.15) is 5.56 Å². The number of amides is 2. The number of nitrogens with zero attached hydrogens (tertiary/aromatic N) is 1. The highest BCUT2D eigenvalue weighted by Crippen LogP contribution is 2.19. The molecule has 114 valence electrons. The Balaban J connectivity index is 2.07. The molecule has 1 aromatic heterocycles. The predicted molar refractivity (Wildman–Crippen MR) is 85.1 cm³/mol. The summed E-state index contributed by atoms with van der Waals surface area (Å²) in [5.74, 6) is -1.63. The van der Waals surface area contributed by atoms with Crippen molar-refractivity contribution < 1.29 is 9.59 Å². The average Bonchev–Trinajstić information content (AvgIpc) is 2.45. The van der Waals surface area contributed by atoms with Gasteiger partial charge in [0.1, 0.15) is 0 Å². The van der Waals surface area contributed by atoms with E-state index in [2.05, 4.69) is 10.6 Å². The summed E-state index contributed by atoms with van der Waals surface area (Å²) in [6.45, 7) is 1.77. The van der Waals surface area contributed by atoms with Crippen molar-refractivity contribution in [2.45, 2.75) is 6.92 Å². The molecule has 0 radical (unpaired) electrons. The Morgan fingerprint density at radius 2 is 1.77 bits per heavy atom. The summed E-state index contributed by atoms with van der Waals surface area (Å²) >= 11 is 5.83. The van der Waals surface area contributed by atoms with Crippen molar-refractivity contribution in [2.24, 2.45) is 7.05 Å². The molecule has 2 N–H and O–H groups in total. The van der Waals surface area contributed by atoms with Crippen LogP contribution in [0.4, 0.5) is 11.4 Å². The Morgan fingerprint density at radius 1 is 1.09 bits per heavy atom. The molecular formula is C15H14ClN3O3. The van der Waals surface area contributed by atoms with Gasteiger partial charge >= 0.3 is 11.8 Å². The number of aryl methyl sites for hydroxylation is 2. The van der Waals surface area contributed by atoms with Gasteiger partial charge in [0, 0.05) is 30.0 Å². The molecule has 0 fully saturated rings. The third-order valence-electron chi connectivity index (χ3n) is 2.99. The first-order chi connectivity index (χ1) is 10.4. The number of rotatable bonds is 2. The maximum atomic E-state index is 11.9. The Bertz CT molecular complexity index is 799. The maximum Gasteiger partial charge on any atom is 0.314 e. The number of pyridine rings is 1. The van der Waals surface area contributed by atoms with Gasteiger partial charge in [0.05, 0.1) is 5.69 Å². The molecule has 0 atom stereocenters. The molecule has 22 heavy (non-hydrogen) atoms. The minimum absolute atomic E-state index is 0.209. The predicted octanol–water partition coefficient (Wildman–Crippen LogP) is 1.92. The van der Waals surface area contributed by atoms with E-state index in [0.717, 1.165) is 5.56 Å². The van der Waals surface area contributed by atoms with E-state index in [9.17, 15) is 14.4 Å². The zero-order chi connectivity index (χ0) is 16.3. The molecule has 0 aliphatic heterocycles. The smallest absolute Gasteiger partial charge is 0.314 e. The van der Waals surface area contributed by atoms with Gasteiger partial charge in [0.15, 0.2) is 0 Å². The molecule has 0 saturated carbocycles. The second kappa shape index (κ2) is 6.44. The molecule has 0 aliphatic rings. The summed E-state index contributed by atoms with van der Waals surface area (Å²) in [4.78, 5) is 35.0. The van der Waals surface area contributed by atoms with Crippen molar-refractivity contribution in [3.63, 3.8) is 0 Å². The molecule has 0 aliphatic carbocycles. The van der Waals surface area contributed by atoms with Gasteiger partial charge in [-0.2, -0.15) is 0 Å². The first-order valence-corrected chi connectivity index (χ1v) is 6.80. The van der Waals surface area contributed by atoms with Gasteiger partial charge in [0.25, 0.3) is 0 Å². The molecule has 0 bridgehead atoms. The third kappa shape index (κ3) is 3.73. The lowest BCUT2D eigenvalue weighted by molar-refractivity contribution is -0.133. The van der Waals surface area contributed by atoms with Crippen molar-refractivity contribution in [1.29, 1.82) is 0 Å². The normalized spacial score (nSPS) is 10.1. The first kappa shape index (κ1) is 15.8.